The number of halogens is 1. The highest BCUT2D eigenvalue weighted by Crippen LogP contribution is 2.33. The summed E-state index contributed by atoms with van der Waals surface area (Å²) in [5.74, 6) is 1.11. The number of aromatic nitrogens is 2. The molecule has 1 aliphatic rings. The summed E-state index contributed by atoms with van der Waals surface area (Å²) in [4.78, 5) is 13.7. The van der Waals surface area contributed by atoms with E-state index in [2.05, 4.69) is 43.8 Å². The minimum atomic E-state index is 0.577. The zero-order chi connectivity index (χ0) is 11.8. The number of fused-ring (bicyclic) bond motifs is 1. The van der Waals surface area contributed by atoms with E-state index in [1.807, 2.05) is 0 Å². The first-order valence-corrected chi connectivity index (χ1v) is 7.77. The molecule has 0 saturated carbocycles. The summed E-state index contributed by atoms with van der Waals surface area (Å²) in [7, 11) is 0. The lowest BCUT2D eigenvalue weighted by molar-refractivity contribution is 0.743. The van der Waals surface area contributed by atoms with E-state index in [4.69, 9.17) is 0 Å². The molecule has 0 amide bonds. The van der Waals surface area contributed by atoms with Gasteiger partial charge in [0.1, 0.15) is 17.0 Å². The Morgan fingerprint density at radius 1 is 1.53 bits per heavy atom. The fraction of sp³-hybridized carbons (Fsp3) is 0.500. The number of hydrogen-bond donors (Lipinski definition) is 0. The first kappa shape index (κ1) is 11.4. The molecule has 0 aromatic carbocycles. The summed E-state index contributed by atoms with van der Waals surface area (Å²) in [6.45, 7) is 3.24. The number of aryl methyl sites for hydroxylation is 1. The molecule has 17 heavy (non-hydrogen) atoms. The summed E-state index contributed by atoms with van der Waals surface area (Å²) < 4.78 is 0. The zero-order valence-corrected chi connectivity index (χ0v) is 12.1. The van der Waals surface area contributed by atoms with Crippen LogP contribution in [0.5, 0.6) is 0 Å². The average Bonchev–Trinajstić information content (AvgIpc) is 2.92. The molecular weight excluding hydrogens is 298 g/mol. The van der Waals surface area contributed by atoms with Gasteiger partial charge in [0.25, 0.3) is 0 Å². The quantitative estimate of drug-likeness (QED) is 0.796. The van der Waals surface area contributed by atoms with Crippen molar-refractivity contribution in [1.82, 2.24) is 9.97 Å². The second-order valence-corrected chi connectivity index (χ2v) is 6.30. The Kier molecular flexibility index (Phi) is 3.04. The first-order valence-electron chi connectivity index (χ1n) is 5.83. The van der Waals surface area contributed by atoms with Crippen LogP contribution >= 0.6 is 27.3 Å². The third-order valence-electron chi connectivity index (χ3n) is 3.26. The molecule has 1 aliphatic heterocycles. The van der Waals surface area contributed by atoms with E-state index >= 15 is 0 Å². The van der Waals surface area contributed by atoms with Gasteiger partial charge in [-0.15, -0.1) is 11.3 Å². The maximum absolute atomic E-state index is 4.50. The molecule has 0 aliphatic carbocycles. The molecule has 3 heterocycles. The molecule has 1 unspecified atom stereocenters. The maximum Gasteiger partial charge on any atom is 0.141 e. The van der Waals surface area contributed by atoms with Crippen LogP contribution in [0.15, 0.2) is 12.4 Å². The monoisotopic (exact) mass is 311 g/mol. The van der Waals surface area contributed by atoms with Crippen molar-refractivity contribution < 1.29 is 0 Å². The normalized spacial score (nSPS) is 20.4. The van der Waals surface area contributed by atoms with Crippen molar-refractivity contribution in [3.8, 4) is 0 Å². The molecule has 0 radical (unpaired) electrons. The Balaban J connectivity index is 2.10. The second kappa shape index (κ2) is 4.53. The molecule has 0 N–H and O–H groups in total. The lowest BCUT2D eigenvalue weighted by Crippen LogP contribution is -2.31. The van der Waals surface area contributed by atoms with Crippen molar-refractivity contribution >= 4 is 43.3 Å². The largest absolute Gasteiger partial charge is 0.352 e. The van der Waals surface area contributed by atoms with Gasteiger partial charge >= 0.3 is 0 Å². The Labute approximate surface area is 113 Å². The smallest absolute Gasteiger partial charge is 0.141 e. The van der Waals surface area contributed by atoms with Crippen LogP contribution in [0, 0.1) is 6.92 Å². The Morgan fingerprint density at radius 3 is 3.24 bits per heavy atom. The second-order valence-electron chi connectivity index (χ2n) is 4.42. The van der Waals surface area contributed by atoms with Gasteiger partial charge in [-0.2, -0.15) is 0 Å². The van der Waals surface area contributed by atoms with E-state index in [1.165, 1.54) is 23.1 Å². The number of nitrogens with zero attached hydrogens (tertiary/aromatic N) is 3. The zero-order valence-electron chi connectivity index (χ0n) is 9.69. The highest BCUT2D eigenvalue weighted by atomic mass is 79.9. The molecular formula is C12H14BrN3S. The van der Waals surface area contributed by atoms with E-state index in [0.29, 0.717) is 6.04 Å². The summed E-state index contributed by atoms with van der Waals surface area (Å²) in [6.07, 6.45) is 4.20. The number of hydrogen-bond acceptors (Lipinski definition) is 4. The minimum Gasteiger partial charge on any atom is -0.352 e. The van der Waals surface area contributed by atoms with Crippen LogP contribution in [0.2, 0.25) is 0 Å². The van der Waals surface area contributed by atoms with Crippen LogP contribution in [0.3, 0.4) is 0 Å². The predicted molar refractivity (Wildman–Crippen MR) is 76.3 cm³/mol. The van der Waals surface area contributed by atoms with Crippen LogP contribution in [-0.4, -0.2) is 27.9 Å². The molecule has 3 rings (SSSR count). The standard InChI is InChI=1S/C12H14BrN3S/c1-8-5-10-11(14-7-15-12(10)17-8)16-4-2-3-9(16)6-13/h5,7,9H,2-4,6H2,1H3. The molecule has 1 saturated heterocycles. The molecule has 1 fully saturated rings. The number of rotatable bonds is 2. The third-order valence-corrected chi connectivity index (χ3v) is 4.96. The van der Waals surface area contributed by atoms with Gasteiger partial charge in [-0.25, -0.2) is 9.97 Å². The lowest BCUT2D eigenvalue weighted by atomic mass is 10.2. The van der Waals surface area contributed by atoms with Gasteiger partial charge in [-0.05, 0) is 25.8 Å². The van der Waals surface area contributed by atoms with Gasteiger partial charge in [0.2, 0.25) is 0 Å². The predicted octanol–water partition coefficient (Wildman–Crippen LogP) is 3.36. The van der Waals surface area contributed by atoms with Crippen LogP contribution < -0.4 is 4.90 Å². The number of alkyl halides is 1. The van der Waals surface area contributed by atoms with Crippen molar-refractivity contribution in [3.05, 3.63) is 17.3 Å². The Hall–Kier alpha value is -0.680. The van der Waals surface area contributed by atoms with Crippen LogP contribution in [0.25, 0.3) is 10.2 Å². The Bertz CT molecular complexity index is 540. The molecule has 2 aromatic heterocycles. The summed E-state index contributed by atoms with van der Waals surface area (Å²) >= 11 is 5.35. The lowest BCUT2D eigenvalue weighted by Gasteiger charge is -2.24. The van der Waals surface area contributed by atoms with Gasteiger partial charge in [0.15, 0.2) is 0 Å². The molecule has 3 nitrogen and oxygen atoms in total. The van der Waals surface area contributed by atoms with Gasteiger partial charge in [0.05, 0.1) is 5.39 Å². The van der Waals surface area contributed by atoms with E-state index < -0.39 is 0 Å². The van der Waals surface area contributed by atoms with Gasteiger partial charge < -0.3 is 4.90 Å². The topological polar surface area (TPSA) is 29.0 Å². The molecule has 0 spiro atoms. The third kappa shape index (κ3) is 1.95. The van der Waals surface area contributed by atoms with Crippen LogP contribution in [-0.2, 0) is 0 Å². The van der Waals surface area contributed by atoms with E-state index in [0.717, 1.165) is 22.5 Å². The van der Waals surface area contributed by atoms with Gasteiger partial charge in [0, 0.05) is 22.8 Å². The van der Waals surface area contributed by atoms with Gasteiger partial charge in [-0.3, -0.25) is 0 Å². The summed E-state index contributed by atoms with van der Waals surface area (Å²) in [5, 5.41) is 2.23. The van der Waals surface area contributed by atoms with Crippen LogP contribution in [0.1, 0.15) is 17.7 Å². The van der Waals surface area contributed by atoms with E-state index in [1.54, 1.807) is 17.7 Å². The molecule has 90 valence electrons. The summed E-state index contributed by atoms with van der Waals surface area (Å²) in [6, 6.07) is 2.78. The molecule has 1 atom stereocenters. The van der Waals surface area contributed by atoms with Crippen molar-refractivity contribution in [2.75, 3.05) is 16.8 Å². The average molecular weight is 312 g/mol. The van der Waals surface area contributed by atoms with Crippen LogP contribution in [0.4, 0.5) is 5.82 Å². The van der Waals surface area contributed by atoms with Crippen molar-refractivity contribution in [1.29, 1.82) is 0 Å². The maximum atomic E-state index is 4.50. The fourth-order valence-corrected chi connectivity index (χ4v) is 3.98. The van der Waals surface area contributed by atoms with Crippen molar-refractivity contribution in [2.45, 2.75) is 25.8 Å². The fourth-order valence-electron chi connectivity index (χ4n) is 2.47. The molecule has 2 aromatic rings. The highest BCUT2D eigenvalue weighted by Gasteiger charge is 2.26. The SMILES string of the molecule is Cc1cc2c(N3CCCC3CBr)ncnc2s1. The Morgan fingerprint density at radius 2 is 2.41 bits per heavy atom. The highest BCUT2D eigenvalue weighted by molar-refractivity contribution is 9.09. The van der Waals surface area contributed by atoms with Gasteiger partial charge in [-0.1, -0.05) is 15.9 Å². The minimum absolute atomic E-state index is 0.577. The van der Waals surface area contributed by atoms with Crippen molar-refractivity contribution in [3.63, 3.8) is 0 Å². The number of anilines is 1. The summed E-state index contributed by atoms with van der Waals surface area (Å²) in [5.41, 5.74) is 0. The van der Waals surface area contributed by atoms with Crippen molar-refractivity contribution in [2.24, 2.45) is 0 Å². The van der Waals surface area contributed by atoms with E-state index in [-0.39, 0.29) is 0 Å². The molecule has 0 bridgehead atoms. The number of thiophene rings is 1. The van der Waals surface area contributed by atoms with E-state index in [9.17, 15) is 0 Å². The first-order chi connectivity index (χ1) is 8.29. The molecule has 5 heteroatoms.